The molecule has 0 bridgehead atoms. The van der Waals surface area contributed by atoms with Crippen LogP contribution in [0.15, 0.2) is 36.5 Å². The number of amides is 1. The van der Waals surface area contributed by atoms with E-state index in [1.165, 1.54) is 6.07 Å². The first-order valence-electron chi connectivity index (χ1n) is 9.10. The average molecular weight is 426 g/mol. The van der Waals surface area contributed by atoms with Gasteiger partial charge in [0.25, 0.3) is 0 Å². The molecule has 28 heavy (non-hydrogen) atoms. The zero-order valence-corrected chi connectivity index (χ0v) is 17.0. The molecule has 0 aliphatic carbocycles. The Morgan fingerprint density at radius 3 is 2.89 bits per heavy atom. The van der Waals surface area contributed by atoms with Crippen molar-refractivity contribution < 1.29 is 13.9 Å². The van der Waals surface area contributed by atoms with Crippen LogP contribution < -0.4 is 5.32 Å². The highest BCUT2D eigenvalue weighted by Gasteiger charge is 2.29. The number of nitrogens with one attached hydrogen (secondary N) is 1. The van der Waals surface area contributed by atoms with E-state index in [0.29, 0.717) is 35.4 Å². The van der Waals surface area contributed by atoms with Gasteiger partial charge in [0.1, 0.15) is 11.0 Å². The lowest BCUT2D eigenvalue weighted by Gasteiger charge is -2.38. The summed E-state index contributed by atoms with van der Waals surface area (Å²) in [4.78, 5) is 18.5. The van der Waals surface area contributed by atoms with Gasteiger partial charge in [-0.3, -0.25) is 9.69 Å². The minimum Gasteiger partial charge on any atom is -0.376 e. The first kappa shape index (κ1) is 21.0. The number of ether oxygens (including phenoxy) is 1. The Balaban J connectivity index is 1.73. The summed E-state index contributed by atoms with van der Waals surface area (Å²) in [5, 5.41) is 3.63. The van der Waals surface area contributed by atoms with Crippen LogP contribution in [0.3, 0.4) is 0 Å². The molecule has 1 aliphatic rings. The Hall–Kier alpha value is -1.73. The zero-order chi connectivity index (χ0) is 20.1. The van der Waals surface area contributed by atoms with Crippen LogP contribution >= 0.6 is 23.2 Å². The molecule has 1 saturated heterocycles. The van der Waals surface area contributed by atoms with Crippen LogP contribution in [0, 0.1) is 5.82 Å². The molecule has 2 atom stereocenters. The fourth-order valence-electron chi connectivity index (χ4n) is 3.34. The summed E-state index contributed by atoms with van der Waals surface area (Å²) in [6, 6.07) is 7.64. The first-order chi connectivity index (χ1) is 13.4. The van der Waals surface area contributed by atoms with Crippen LogP contribution in [0.2, 0.25) is 10.2 Å². The molecular formula is C20H22Cl2FN3O2. The van der Waals surface area contributed by atoms with E-state index in [9.17, 15) is 9.18 Å². The van der Waals surface area contributed by atoms with Crippen LogP contribution in [0.1, 0.15) is 24.1 Å². The molecule has 5 nitrogen and oxygen atoms in total. The number of carbonyl (C=O) groups is 1. The molecule has 0 saturated carbocycles. The Labute approximate surface area is 173 Å². The second-order valence-electron chi connectivity index (χ2n) is 6.80. The summed E-state index contributed by atoms with van der Waals surface area (Å²) in [6.07, 6.45) is 1.76. The third kappa shape index (κ3) is 5.41. The normalized spacial score (nSPS) is 18.6. The van der Waals surface area contributed by atoms with E-state index in [0.717, 1.165) is 5.56 Å². The molecule has 0 spiro atoms. The first-order valence-corrected chi connectivity index (χ1v) is 9.86. The van der Waals surface area contributed by atoms with E-state index in [1.54, 1.807) is 30.5 Å². The molecule has 2 unspecified atom stereocenters. The van der Waals surface area contributed by atoms with Gasteiger partial charge in [0.2, 0.25) is 5.91 Å². The number of nitrogens with zero attached hydrogens (tertiary/aromatic N) is 2. The van der Waals surface area contributed by atoms with Crippen molar-refractivity contribution in [1.82, 2.24) is 15.2 Å². The summed E-state index contributed by atoms with van der Waals surface area (Å²) in [6.45, 7) is 4.03. The molecule has 2 aromatic rings. The van der Waals surface area contributed by atoms with Crippen molar-refractivity contribution in [3.05, 3.63) is 63.6 Å². The second kappa shape index (κ2) is 9.65. The van der Waals surface area contributed by atoms with Gasteiger partial charge in [-0.05, 0) is 30.7 Å². The highest BCUT2D eigenvalue weighted by molar-refractivity contribution is 6.31. The van der Waals surface area contributed by atoms with Crippen molar-refractivity contribution in [2.45, 2.75) is 25.5 Å². The third-order valence-electron chi connectivity index (χ3n) is 4.69. The van der Waals surface area contributed by atoms with Crippen molar-refractivity contribution in [2.75, 3.05) is 26.2 Å². The number of pyridine rings is 1. The smallest absolute Gasteiger partial charge is 0.224 e. The van der Waals surface area contributed by atoms with Crippen molar-refractivity contribution in [3.63, 3.8) is 0 Å². The minimum atomic E-state index is -0.382. The van der Waals surface area contributed by atoms with Gasteiger partial charge in [-0.1, -0.05) is 35.3 Å². The molecular weight excluding hydrogens is 404 g/mol. The van der Waals surface area contributed by atoms with Crippen LogP contribution in [0.4, 0.5) is 4.39 Å². The number of aromatic nitrogens is 1. The monoisotopic (exact) mass is 425 g/mol. The van der Waals surface area contributed by atoms with Gasteiger partial charge in [-0.15, -0.1) is 0 Å². The Morgan fingerprint density at radius 2 is 2.21 bits per heavy atom. The zero-order valence-electron chi connectivity index (χ0n) is 15.5. The number of hydrogen-bond acceptors (Lipinski definition) is 4. The maximum absolute atomic E-state index is 14.6. The Kier molecular flexibility index (Phi) is 7.24. The SMILES string of the molecule is CC1CN(C(CNC(=O)Cc2ccc(Cl)nc2)c2c(F)cccc2Cl)CCO1. The van der Waals surface area contributed by atoms with E-state index in [-0.39, 0.29) is 36.8 Å². The van der Waals surface area contributed by atoms with Crippen molar-refractivity contribution in [1.29, 1.82) is 0 Å². The number of carbonyl (C=O) groups excluding carboxylic acids is 1. The number of benzene rings is 1. The number of hydrogen-bond donors (Lipinski definition) is 1. The largest absolute Gasteiger partial charge is 0.376 e. The molecule has 0 radical (unpaired) electrons. The van der Waals surface area contributed by atoms with Gasteiger partial charge in [-0.2, -0.15) is 0 Å². The molecule has 2 heterocycles. The van der Waals surface area contributed by atoms with Crippen molar-refractivity contribution in [3.8, 4) is 0 Å². The molecule has 1 aromatic carbocycles. The summed E-state index contributed by atoms with van der Waals surface area (Å²) >= 11 is 12.1. The molecule has 1 amide bonds. The summed E-state index contributed by atoms with van der Waals surface area (Å²) in [7, 11) is 0. The molecule has 1 aliphatic heterocycles. The molecule has 8 heteroatoms. The van der Waals surface area contributed by atoms with Crippen molar-refractivity contribution >= 4 is 29.1 Å². The number of halogens is 3. The van der Waals surface area contributed by atoms with Gasteiger partial charge in [0, 0.05) is 36.4 Å². The van der Waals surface area contributed by atoms with Crippen LogP contribution in [0.25, 0.3) is 0 Å². The van der Waals surface area contributed by atoms with Crippen LogP contribution in [0.5, 0.6) is 0 Å². The van der Waals surface area contributed by atoms with E-state index in [4.69, 9.17) is 27.9 Å². The van der Waals surface area contributed by atoms with E-state index in [2.05, 4.69) is 15.2 Å². The number of rotatable bonds is 6. The standard InChI is InChI=1S/C20H22Cl2FN3O2/c1-13-12-26(7-8-28-13)17(20-15(21)3-2-4-16(20)23)11-25-19(27)9-14-5-6-18(22)24-10-14/h2-6,10,13,17H,7-9,11-12H2,1H3,(H,25,27). The summed E-state index contributed by atoms with van der Waals surface area (Å²) < 4.78 is 20.2. The Morgan fingerprint density at radius 1 is 1.39 bits per heavy atom. The van der Waals surface area contributed by atoms with E-state index < -0.39 is 0 Å². The fraction of sp³-hybridized carbons (Fsp3) is 0.400. The highest BCUT2D eigenvalue weighted by Crippen LogP contribution is 2.31. The van der Waals surface area contributed by atoms with Gasteiger partial charge in [0.05, 0.1) is 25.2 Å². The number of morpholine rings is 1. The Bertz CT molecular complexity index is 799. The third-order valence-corrected chi connectivity index (χ3v) is 5.25. The lowest BCUT2D eigenvalue weighted by atomic mass is 10.0. The highest BCUT2D eigenvalue weighted by atomic mass is 35.5. The predicted molar refractivity (Wildman–Crippen MR) is 107 cm³/mol. The lowest BCUT2D eigenvalue weighted by Crippen LogP contribution is -2.47. The minimum absolute atomic E-state index is 0.0256. The fourth-order valence-corrected chi connectivity index (χ4v) is 3.74. The topological polar surface area (TPSA) is 54.5 Å². The predicted octanol–water partition coefficient (Wildman–Crippen LogP) is 3.65. The van der Waals surface area contributed by atoms with Gasteiger partial charge in [-0.25, -0.2) is 9.37 Å². The summed E-state index contributed by atoms with van der Waals surface area (Å²) in [5.74, 6) is -0.560. The summed E-state index contributed by atoms with van der Waals surface area (Å²) in [5.41, 5.74) is 1.15. The molecule has 1 aromatic heterocycles. The van der Waals surface area contributed by atoms with Gasteiger partial charge >= 0.3 is 0 Å². The quantitative estimate of drug-likeness (QED) is 0.717. The van der Waals surface area contributed by atoms with E-state index in [1.807, 2.05) is 6.92 Å². The van der Waals surface area contributed by atoms with Crippen LogP contribution in [-0.4, -0.2) is 48.1 Å². The molecule has 1 fully saturated rings. The van der Waals surface area contributed by atoms with Gasteiger partial charge in [0.15, 0.2) is 0 Å². The van der Waals surface area contributed by atoms with Gasteiger partial charge < -0.3 is 10.1 Å². The molecule has 3 rings (SSSR count). The van der Waals surface area contributed by atoms with Crippen LogP contribution in [-0.2, 0) is 16.0 Å². The lowest BCUT2D eigenvalue weighted by molar-refractivity contribution is -0.120. The van der Waals surface area contributed by atoms with Crippen molar-refractivity contribution in [2.24, 2.45) is 0 Å². The second-order valence-corrected chi connectivity index (χ2v) is 7.59. The molecule has 150 valence electrons. The van der Waals surface area contributed by atoms with E-state index >= 15 is 0 Å². The molecule has 1 N–H and O–H groups in total. The maximum Gasteiger partial charge on any atom is 0.224 e. The maximum atomic E-state index is 14.6. The average Bonchev–Trinajstić information content (AvgIpc) is 2.66.